The molecule has 5 aromatic carbocycles. The van der Waals surface area contributed by atoms with Crippen LogP contribution in [0.25, 0.3) is 21.5 Å². The highest BCUT2D eigenvalue weighted by Crippen LogP contribution is 2.39. The van der Waals surface area contributed by atoms with E-state index in [-0.39, 0.29) is 43.7 Å². The quantitative estimate of drug-likeness (QED) is 0.103. The minimum Gasteiger partial charge on any atom is -0.465 e. The molecule has 0 bridgehead atoms. The summed E-state index contributed by atoms with van der Waals surface area (Å²) in [4.78, 5) is 72.1. The van der Waals surface area contributed by atoms with Crippen molar-refractivity contribution in [2.45, 2.75) is 134 Å². The standard InChI is InChI=1S/C42H49N7O5.C30H35N7O3/c1-41(2,3)54-40(51)49-22-11-20-42(49,4)29-53-38-44-35-27-46(36-17-10-15-31-14-8-9-16-33(31)36)23-19-34(35)37(45-38)47-24-25-48(32(26-47)18-21-43)39(50)52-28-30-12-6-5-7-13-30;1-30(12-5-14-32-30)20-40-28-33-25-19-35(26-9-4-7-21-6-2-3-8-23(21)26)15-11-24(25)27(34-28)36-16-17-37(29(38)39)22(18-36)10-13-31/h5-10,12-17,32H,11,18-20,22-29H2,1-4H3;2-4,6-9,22,32H,5,10-12,14-20H2,1H3,(H,38,39)/t32?,42-;22?,30-/m00/s1. The number of rotatable bonds is 14. The van der Waals surface area contributed by atoms with E-state index in [0.717, 1.165) is 97.1 Å². The highest BCUT2D eigenvalue weighted by atomic mass is 16.6. The van der Waals surface area contributed by atoms with Gasteiger partial charge in [0.25, 0.3) is 0 Å². The Hall–Kier alpha value is -9.67. The summed E-state index contributed by atoms with van der Waals surface area (Å²) >= 11 is 0. The highest BCUT2D eigenvalue weighted by Gasteiger charge is 2.44. The molecule has 4 fully saturated rings. The predicted molar refractivity (Wildman–Crippen MR) is 359 cm³/mol. The van der Waals surface area contributed by atoms with Gasteiger partial charge in [-0.2, -0.15) is 30.5 Å². The van der Waals surface area contributed by atoms with Gasteiger partial charge in [-0.25, -0.2) is 14.4 Å². The van der Waals surface area contributed by atoms with Crippen molar-refractivity contribution < 1.29 is 38.4 Å². The fraction of sp³-hybridized carbons (Fsp3) is 0.458. The molecule has 6 aliphatic rings. The van der Waals surface area contributed by atoms with Crippen LogP contribution < -0.4 is 34.4 Å². The second-order valence-corrected chi connectivity index (χ2v) is 26.9. The lowest BCUT2D eigenvalue weighted by atomic mass is 10.0. The van der Waals surface area contributed by atoms with Crippen LogP contribution in [-0.4, -0.2) is 165 Å². The van der Waals surface area contributed by atoms with Gasteiger partial charge in [-0.3, -0.25) is 4.90 Å². The summed E-state index contributed by atoms with van der Waals surface area (Å²) in [6.07, 6.45) is 3.74. The Morgan fingerprint density at radius 3 is 1.68 bits per heavy atom. The maximum Gasteiger partial charge on any atom is 0.410 e. The number of piperazine rings is 2. The number of aromatic nitrogens is 4. The van der Waals surface area contributed by atoms with Gasteiger partial charge in [-0.15, -0.1) is 0 Å². The molecule has 8 heterocycles. The van der Waals surface area contributed by atoms with Crippen molar-refractivity contribution in [2.75, 3.05) is 98.3 Å². The van der Waals surface area contributed by atoms with Crippen LogP contribution in [0, 0.1) is 22.7 Å². The minimum atomic E-state index is -0.989. The Bertz CT molecular complexity index is 3970. The number of carbonyl (C=O) groups is 3. The second-order valence-electron chi connectivity index (χ2n) is 26.9. The number of ether oxygens (including phenoxy) is 4. The van der Waals surface area contributed by atoms with Crippen LogP contribution in [0.15, 0.2) is 115 Å². The van der Waals surface area contributed by atoms with Crippen molar-refractivity contribution in [3.63, 3.8) is 0 Å². The van der Waals surface area contributed by atoms with Gasteiger partial charge in [-0.1, -0.05) is 103 Å². The summed E-state index contributed by atoms with van der Waals surface area (Å²) in [7, 11) is 0. The van der Waals surface area contributed by atoms with E-state index in [1.165, 1.54) is 32.1 Å². The SMILES string of the molecule is CC(C)(C)OC(=O)N1CCC[C@@]1(C)COc1nc2c(c(N3CCN(C(=O)OCc4ccccc4)C(CC#N)C3)n1)CCN(c1cccc3ccccc13)C2.C[C@@]1(COc2nc3c(c(N4CCN(C(=O)O)C(CC#N)C4)n2)CCN(c2cccc4ccccc24)C3)CCCN1. The van der Waals surface area contributed by atoms with Crippen molar-refractivity contribution in [1.82, 2.24) is 40.0 Å². The lowest BCUT2D eigenvalue weighted by molar-refractivity contribution is 0.00161. The van der Waals surface area contributed by atoms with Crippen LogP contribution in [0.4, 0.5) is 37.4 Å². The summed E-state index contributed by atoms with van der Waals surface area (Å²) in [6, 6.07) is 43.4. The predicted octanol–water partition coefficient (Wildman–Crippen LogP) is 10.9. The van der Waals surface area contributed by atoms with Gasteiger partial charge < -0.3 is 58.8 Å². The zero-order valence-corrected chi connectivity index (χ0v) is 54.5. The average molecular weight is 1270 g/mol. The van der Waals surface area contributed by atoms with E-state index < -0.39 is 35.4 Å². The molecule has 7 aromatic rings. The molecule has 0 saturated carbocycles. The summed E-state index contributed by atoms with van der Waals surface area (Å²) < 4.78 is 24.2. The summed E-state index contributed by atoms with van der Waals surface area (Å²) in [6.45, 7) is 17.5. The molecule has 3 amide bonds. The van der Waals surface area contributed by atoms with Crippen LogP contribution in [0.5, 0.6) is 12.0 Å². The van der Waals surface area contributed by atoms with Gasteiger partial charge in [0.1, 0.15) is 37.1 Å². The number of hydrogen-bond acceptors (Lipinski definition) is 18. The lowest BCUT2D eigenvalue weighted by Gasteiger charge is -2.42. The molecule has 2 N–H and O–H groups in total. The molecule has 2 aromatic heterocycles. The van der Waals surface area contributed by atoms with Gasteiger partial charge >= 0.3 is 30.3 Å². The number of amides is 3. The maximum absolute atomic E-state index is 13.3. The third-order valence-corrected chi connectivity index (χ3v) is 19.0. The van der Waals surface area contributed by atoms with Crippen molar-refractivity contribution in [3.8, 4) is 24.2 Å². The first-order valence-electron chi connectivity index (χ1n) is 32.9. The molecule has 0 spiro atoms. The fourth-order valence-electron chi connectivity index (χ4n) is 14.1. The normalized spacial score (nSPS) is 21.2. The number of anilines is 4. The molecule has 22 nitrogen and oxygen atoms in total. The number of nitrogens with zero attached hydrogens (tertiary/aromatic N) is 13. The maximum atomic E-state index is 13.3. The largest absolute Gasteiger partial charge is 0.465 e. The number of nitrogens with one attached hydrogen (secondary N) is 1. The van der Waals surface area contributed by atoms with Gasteiger partial charge in [-0.05, 0) is 108 Å². The summed E-state index contributed by atoms with van der Waals surface area (Å²) in [5.74, 6) is 1.56. The van der Waals surface area contributed by atoms with Crippen LogP contribution in [-0.2, 0) is 42.0 Å². The van der Waals surface area contributed by atoms with E-state index in [0.29, 0.717) is 77.9 Å². The first kappa shape index (κ1) is 64.4. The van der Waals surface area contributed by atoms with Gasteiger partial charge in [0, 0.05) is 97.7 Å². The van der Waals surface area contributed by atoms with E-state index >= 15 is 0 Å². The van der Waals surface area contributed by atoms with Gasteiger partial charge in [0.05, 0.1) is 67.1 Å². The summed E-state index contributed by atoms with van der Waals surface area (Å²) in [5.41, 5.74) is 5.82. The third kappa shape index (κ3) is 14.4. The van der Waals surface area contributed by atoms with Crippen LogP contribution in [0.3, 0.4) is 0 Å². The van der Waals surface area contributed by atoms with Crippen molar-refractivity contribution in [3.05, 3.63) is 143 Å². The first-order chi connectivity index (χ1) is 45.4. The van der Waals surface area contributed by atoms with E-state index in [1.54, 1.807) is 9.80 Å². The van der Waals surface area contributed by atoms with E-state index in [1.807, 2.05) is 58.0 Å². The Morgan fingerprint density at radius 2 is 1.14 bits per heavy atom. The van der Waals surface area contributed by atoms with Crippen LogP contribution >= 0.6 is 0 Å². The molecule has 22 heteroatoms. The minimum absolute atomic E-state index is 0.112. The molecule has 4 atom stereocenters. The van der Waals surface area contributed by atoms with Crippen LogP contribution in [0.2, 0.25) is 0 Å². The Kier molecular flexibility index (Phi) is 19.1. The molecule has 2 unspecified atom stereocenters. The van der Waals surface area contributed by atoms with Crippen molar-refractivity contribution in [2.24, 2.45) is 0 Å². The molecular weight excluding hydrogens is 1190 g/mol. The van der Waals surface area contributed by atoms with E-state index in [9.17, 15) is 30.0 Å². The Balaban J connectivity index is 0.000000188. The number of fused-ring (bicyclic) bond motifs is 4. The van der Waals surface area contributed by atoms with Gasteiger partial charge in [0.15, 0.2) is 0 Å². The molecule has 490 valence electrons. The molecule has 0 radical (unpaired) electrons. The van der Waals surface area contributed by atoms with E-state index in [4.69, 9.17) is 38.9 Å². The van der Waals surface area contributed by atoms with Crippen molar-refractivity contribution >= 4 is 62.8 Å². The third-order valence-electron chi connectivity index (χ3n) is 19.0. The highest BCUT2D eigenvalue weighted by molar-refractivity contribution is 5.95. The fourth-order valence-corrected chi connectivity index (χ4v) is 14.1. The number of benzene rings is 5. The molecule has 13 rings (SSSR count). The molecule has 6 aliphatic heterocycles. The Labute approximate surface area is 549 Å². The zero-order valence-electron chi connectivity index (χ0n) is 54.5. The topological polar surface area (TPSA) is 242 Å². The summed E-state index contributed by atoms with van der Waals surface area (Å²) in [5, 5.41) is 37.2. The number of nitriles is 2. The number of likely N-dealkylation sites (tertiary alicyclic amines) is 1. The lowest BCUT2D eigenvalue weighted by Crippen LogP contribution is -2.56. The number of carboxylic acid groups (broad SMARTS) is 1. The monoisotopic (exact) mass is 1270 g/mol. The molecule has 4 saturated heterocycles. The smallest absolute Gasteiger partial charge is 0.410 e. The van der Waals surface area contributed by atoms with Gasteiger partial charge in [0.2, 0.25) is 0 Å². The zero-order chi connectivity index (χ0) is 65.6. The van der Waals surface area contributed by atoms with Crippen LogP contribution in [0.1, 0.15) is 101 Å². The molecule has 94 heavy (non-hydrogen) atoms. The number of hydrogen-bond donors (Lipinski definition) is 2. The second kappa shape index (κ2) is 27.9. The number of carbonyl (C=O) groups excluding carboxylic acids is 2. The average Bonchev–Trinajstić information content (AvgIpc) is 0.941. The Morgan fingerprint density at radius 1 is 0.606 bits per heavy atom. The van der Waals surface area contributed by atoms with E-state index in [2.05, 4.69) is 129 Å². The molecular formula is C72H84N14O8. The van der Waals surface area contributed by atoms with Crippen molar-refractivity contribution in [1.29, 1.82) is 10.5 Å². The molecule has 0 aliphatic carbocycles. The first-order valence-corrected chi connectivity index (χ1v) is 32.9.